The van der Waals surface area contributed by atoms with Gasteiger partial charge in [-0.2, -0.15) is 13.2 Å². The van der Waals surface area contributed by atoms with E-state index in [-0.39, 0.29) is 6.54 Å². The van der Waals surface area contributed by atoms with Crippen molar-refractivity contribution in [3.8, 4) is 0 Å². The van der Waals surface area contributed by atoms with Crippen LogP contribution in [0.1, 0.15) is 23.2 Å². The lowest BCUT2D eigenvalue weighted by Gasteiger charge is -2.11. The van der Waals surface area contributed by atoms with Gasteiger partial charge in [-0.1, -0.05) is 6.92 Å². The van der Waals surface area contributed by atoms with Crippen molar-refractivity contribution in [2.45, 2.75) is 32.5 Å². The Morgan fingerprint density at radius 3 is 2.68 bits per heavy atom. The molecule has 1 rings (SSSR count). The summed E-state index contributed by atoms with van der Waals surface area (Å²) < 4.78 is 36.0. The van der Waals surface area contributed by atoms with Crippen LogP contribution in [-0.4, -0.2) is 30.7 Å². The minimum absolute atomic E-state index is 0.193. The number of hydrogen-bond acceptors (Lipinski definition) is 3. The maximum atomic E-state index is 12.0. The number of rotatable bonds is 5. The Bertz CT molecular complexity index is 414. The third-order valence-electron chi connectivity index (χ3n) is 2.28. The van der Waals surface area contributed by atoms with E-state index in [9.17, 15) is 13.2 Å². The molecule has 0 aliphatic heterocycles. The van der Waals surface area contributed by atoms with Crippen LogP contribution in [0.4, 0.5) is 13.2 Å². The van der Waals surface area contributed by atoms with Crippen LogP contribution in [-0.2, 0) is 13.0 Å². The Hall–Kier alpha value is -1.31. The summed E-state index contributed by atoms with van der Waals surface area (Å²) in [6.45, 7) is 2.31. The number of aromatic nitrogens is 1. The van der Waals surface area contributed by atoms with Gasteiger partial charge in [0.15, 0.2) is 5.96 Å². The highest BCUT2D eigenvalue weighted by atomic mass is 32.1. The van der Waals surface area contributed by atoms with Crippen LogP contribution in [0.15, 0.2) is 11.2 Å². The number of halogens is 3. The first-order valence-corrected chi connectivity index (χ1v) is 6.71. The number of alkyl halides is 3. The normalized spacial score (nSPS) is 12.6. The van der Waals surface area contributed by atoms with Crippen molar-refractivity contribution >= 4 is 17.3 Å². The van der Waals surface area contributed by atoms with Gasteiger partial charge in [0.05, 0.1) is 13.0 Å². The van der Waals surface area contributed by atoms with Crippen LogP contribution in [0.5, 0.6) is 0 Å². The average Bonchev–Trinajstić information content (AvgIpc) is 2.80. The van der Waals surface area contributed by atoms with Crippen LogP contribution in [0.3, 0.4) is 0 Å². The molecule has 0 aromatic carbocycles. The zero-order valence-electron chi connectivity index (χ0n) is 10.8. The standard InChI is InChI=1S/C11H17F3N4S/c1-3-8-6-17-9(19-8)7-18-10(15-2)16-5-4-11(12,13)14/h6H,3-5,7H2,1-2H3,(H2,15,16,18). The van der Waals surface area contributed by atoms with E-state index < -0.39 is 12.6 Å². The number of guanidine groups is 1. The summed E-state index contributed by atoms with van der Waals surface area (Å²) in [6, 6.07) is 0. The highest BCUT2D eigenvalue weighted by Gasteiger charge is 2.26. The Morgan fingerprint density at radius 1 is 1.42 bits per heavy atom. The van der Waals surface area contributed by atoms with Gasteiger partial charge in [0, 0.05) is 24.7 Å². The molecule has 8 heteroatoms. The quantitative estimate of drug-likeness (QED) is 0.647. The second-order valence-corrected chi connectivity index (χ2v) is 4.99. The third-order valence-corrected chi connectivity index (χ3v) is 3.42. The van der Waals surface area contributed by atoms with E-state index in [0.717, 1.165) is 11.4 Å². The average molecular weight is 294 g/mol. The molecule has 0 unspecified atom stereocenters. The number of nitrogens with one attached hydrogen (secondary N) is 2. The smallest absolute Gasteiger partial charge is 0.356 e. The van der Waals surface area contributed by atoms with Crippen molar-refractivity contribution in [1.29, 1.82) is 0 Å². The monoisotopic (exact) mass is 294 g/mol. The maximum Gasteiger partial charge on any atom is 0.390 e. The number of aliphatic imine (C=N–C) groups is 1. The Morgan fingerprint density at radius 2 is 2.16 bits per heavy atom. The van der Waals surface area contributed by atoms with Crippen molar-refractivity contribution < 1.29 is 13.2 Å². The highest BCUT2D eigenvalue weighted by Crippen LogP contribution is 2.18. The SMILES string of the molecule is CCc1cnc(CNC(=NC)NCCC(F)(F)F)s1. The van der Waals surface area contributed by atoms with Gasteiger partial charge in [-0.15, -0.1) is 11.3 Å². The number of thiazole rings is 1. The summed E-state index contributed by atoms with van der Waals surface area (Å²) in [5.74, 6) is 0.345. The summed E-state index contributed by atoms with van der Waals surface area (Å²) in [5, 5.41) is 6.43. The lowest BCUT2D eigenvalue weighted by Crippen LogP contribution is -2.38. The molecule has 0 aliphatic carbocycles. The molecule has 0 fully saturated rings. The van der Waals surface area contributed by atoms with E-state index in [1.165, 1.54) is 11.9 Å². The van der Waals surface area contributed by atoms with Crippen LogP contribution in [0.2, 0.25) is 0 Å². The molecule has 0 aliphatic rings. The number of hydrogen-bond donors (Lipinski definition) is 2. The van der Waals surface area contributed by atoms with Gasteiger partial charge in [-0.25, -0.2) is 4.98 Å². The minimum atomic E-state index is -4.16. The van der Waals surface area contributed by atoms with E-state index in [0.29, 0.717) is 12.5 Å². The van der Waals surface area contributed by atoms with Gasteiger partial charge >= 0.3 is 6.18 Å². The van der Waals surface area contributed by atoms with Crippen molar-refractivity contribution in [3.05, 3.63) is 16.1 Å². The largest absolute Gasteiger partial charge is 0.390 e. The Labute approximate surface area is 114 Å². The topological polar surface area (TPSA) is 49.3 Å². The molecular weight excluding hydrogens is 277 g/mol. The van der Waals surface area contributed by atoms with Gasteiger partial charge in [0.25, 0.3) is 0 Å². The molecule has 0 amide bonds. The number of aryl methyl sites for hydroxylation is 1. The Balaban J connectivity index is 2.33. The van der Waals surface area contributed by atoms with E-state index in [1.807, 2.05) is 13.1 Å². The summed E-state index contributed by atoms with van der Waals surface area (Å²) in [6.07, 6.45) is -2.31. The summed E-state index contributed by atoms with van der Waals surface area (Å²) in [4.78, 5) is 9.24. The molecule has 0 atom stereocenters. The summed E-state index contributed by atoms with van der Waals surface area (Å²) >= 11 is 1.58. The Kier molecular flexibility index (Phi) is 6.07. The summed E-state index contributed by atoms with van der Waals surface area (Å²) in [7, 11) is 1.52. The van der Waals surface area contributed by atoms with E-state index in [1.54, 1.807) is 11.3 Å². The van der Waals surface area contributed by atoms with Gasteiger partial charge in [-0.3, -0.25) is 4.99 Å². The fourth-order valence-corrected chi connectivity index (χ4v) is 2.10. The fraction of sp³-hybridized carbons (Fsp3) is 0.636. The first-order valence-electron chi connectivity index (χ1n) is 5.89. The van der Waals surface area contributed by atoms with Crippen molar-refractivity contribution in [1.82, 2.24) is 15.6 Å². The van der Waals surface area contributed by atoms with Crippen LogP contribution in [0.25, 0.3) is 0 Å². The second kappa shape index (κ2) is 7.32. The first kappa shape index (κ1) is 15.7. The number of nitrogens with zero attached hydrogens (tertiary/aromatic N) is 2. The lowest BCUT2D eigenvalue weighted by atomic mass is 10.4. The van der Waals surface area contributed by atoms with Gasteiger partial charge < -0.3 is 10.6 Å². The molecule has 0 radical (unpaired) electrons. The minimum Gasteiger partial charge on any atom is -0.356 e. The van der Waals surface area contributed by atoms with Gasteiger partial charge in [0.2, 0.25) is 0 Å². The molecule has 4 nitrogen and oxygen atoms in total. The molecule has 19 heavy (non-hydrogen) atoms. The lowest BCUT2D eigenvalue weighted by molar-refractivity contribution is -0.132. The van der Waals surface area contributed by atoms with Crippen molar-refractivity contribution in [2.75, 3.05) is 13.6 Å². The zero-order valence-corrected chi connectivity index (χ0v) is 11.7. The molecule has 0 saturated heterocycles. The van der Waals surface area contributed by atoms with E-state index in [4.69, 9.17) is 0 Å². The predicted molar refractivity (Wildman–Crippen MR) is 70.4 cm³/mol. The molecule has 1 aromatic heterocycles. The first-order chi connectivity index (χ1) is 8.94. The predicted octanol–water partition coefficient (Wildman–Crippen LogP) is 2.32. The highest BCUT2D eigenvalue weighted by molar-refractivity contribution is 7.11. The molecule has 2 N–H and O–H groups in total. The fourth-order valence-electron chi connectivity index (χ4n) is 1.30. The van der Waals surface area contributed by atoms with Crippen LogP contribution in [0, 0.1) is 0 Å². The molecular formula is C11H17F3N4S. The second-order valence-electron chi connectivity index (χ2n) is 3.79. The molecule has 108 valence electrons. The molecule has 0 saturated carbocycles. The van der Waals surface area contributed by atoms with Gasteiger partial charge in [-0.05, 0) is 6.42 Å². The van der Waals surface area contributed by atoms with Crippen molar-refractivity contribution in [3.63, 3.8) is 0 Å². The zero-order chi connectivity index (χ0) is 14.3. The molecule has 0 bridgehead atoms. The molecule has 0 spiro atoms. The van der Waals surface area contributed by atoms with E-state index >= 15 is 0 Å². The van der Waals surface area contributed by atoms with Crippen LogP contribution >= 0.6 is 11.3 Å². The summed E-state index contributed by atoms with van der Waals surface area (Å²) in [5.41, 5.74) is 0. The van der Waals surface area contributed by atoms with E-state index in [2.05, 4.69) is 20.6 Å². The molecule has 1 aromatic rings. The maximum absolute atomic E-state index is 12.0. The third kappa shape index (κ3) is 6.42. The van der Waals surface area contributed by atoms with Crippen molar-refractivity contribution in [2.24, 2.45) is 4.99 Å². The molecule has 1 heterocycles. The van der Waals surface area contributed by atoms with Gasteiger partial charge in [0.1, 0.15) is 5.01 Å². The van der Waals surface area contributed by atoms with Crippen LogP contribution < -0.4 is 10.6 Å².